The summed E-state index contributed by atoms with van der Waals surface area (Å²) < 4.78 is 5.85. The lowest BCUT2D eigenvalue weighted by atomic mass is 9.96. The van der Waals surface area contributed by atoms with E-state index in [1.54, 1.807) is 4.90 Å². The van der Waals surface area contributed by atoms with Crippen molar-refractivity contribution in [2.45, 2.75) is 32.4 Å². The first-order valence-corrected chi connectivity index (χ1v) is 10.7. The minimum atomic E-state index is -0.0903. The molecule has 1 fully saturated rings. The number of carbonyl (C=O) groups is 2. The van der Waals surface area contributed by atoms with Crippen LogP contribution < -0.4 is 15.0 Å². The fourth-order valence-electron chi connectivity index (χ4n) is 4.04. The molecule has 0 aromatic heterocycles. The molecule has 7 heteroatoms. The van der Waals surface area contributed by atoms with Gasteiger partial charge in [-0.05, 0) is 43.5 Å². The summed E-state index contributed by atoms with van der Waals surface area (Å²) in [6.45, 7) is 4.04. The van der Waals surface area contributed by atoms with Crippen LogP contribution >= 0.6 is 11.6 Å². The number of likely N-dealkylation sites (tertiary alicyclic amines) is 1. The van der Waals surface area contributed by atoms with Crippen molar-refractivity contribution in [1.29, 1.82) is 0 Å². The molecule has 3 amide bonds. The molecule has 2 aliphatic heterocycles. The zero-order valence-corrected chi connectivity index (χ0v) is 17.8. The molecule has 0 unspecified atom stereocenters. The van der Waals surface area contributed by atoms with Gasteiger partial charge in [0, 0.05) is 30.6 Å². The summed E-state index contributed by atoms with van der Waals surface area (Å²) in [7, 11) is 0. The number of fused-ring (bicyclic) bond motifs is 1. The molecule has 0 radical (unpaired) electrons. The van der Waals surface area contributed by atoms with Gasteiger partial charge in [-0.1, -0.05) is 41.9 Å². The first-order chi connectivity index (χ1) is 14.5. The summed E-state index contributed by atoms with van der Waals surface area (Å²) in [5.74, 6) is 0.665. The van der Waals surface area contributed by atoms with Crippen LogP contribution in [0.1, 0.15) is 25.3 Å². The van der Waals surface area contributed by atoms with Crippen LogP contribution in [0.4, 0.5) is 10.5 Å². The predicted molar refractivity (Wildman–Crippen MR) is 117 cm³/mol. The molecule has 6 nitrogen and oxygen atoms in total. The molecule has 0 saturated carbocycles. The lowest BCUT2D eigenvalue weighted by molar-refractivity contribution is -0.126. The highest BCUT2D eigenvalue weighted by Gasteiger charge is 2.33. The molecule has 0 aliphatic carbocycles. The average Bonchev–Trinajstić information content (AvgIpc) is 2.77. The number of halogens is 1. The van der Waals surface area contributed by atoms with Gasteiger partial charge >= 0.3 is 6.03 Å². The van der Waals surface area contributed by atoms with Crippen LogP contribution in [0, 0.1) is 5.92 Å². The monoisotopic (exact) mass is 427 g/mol. The van der Waals surface area contributed by atoms with Crippen LogP contribution in [-0.2, 0) is 11.3 Å². The van der Waals surface area contributed by atoms with E-state index in [0.29, 0.717) is 44.0 Å². The predicted octanol–water partition coefficient (Wildman–Crippen LogP) is 4.08. The molecule has 4 rings (SSSR count). The fraction of sp³-hybridized carbons (Fsp3) is 0.391. The van der Waals surface area contributed by atoms with E-state index in [1.807, 2.05) is 60.4 Å². The normalized spacial score (nSPS) is 19.1. The second-order valence-electron chi connectivity index (χ2n) is 7.86. The highest BCUT2D eigenvalue weighted by atomic mass is 35.5. The van der Waals surface area contributed by atoms with Crippen molar-refractivity contribution < 1.29 is 14.3 Å². The summed E-state index contributed by atoms with van der Waals surface area (Å²) in [6.07, 6.45) is 1.25. The maximum Gasteiger partial charge on any atom is 0.324 e. The summed E-state index contributed by atoms with van der Waals surface area (Å²) in [6, 6.07) is 15.1. The van der Waals surface area contributed by atoms with Gasteiger partial charge in [0.1, 0.15) is 11.9 Å². The molecule has 0 bridgehead atoms. The maximum atomic E-state index is 13.2. The number of hydrogen-bond acceptors (Lipinski definition) is 3. The van der Waals surface area contributed by atoms with E-state index in [1.165, 1.54) is 0 Å². The molecule has 2 aromatic carbocycles. The first-order valence-electron chi connectivity index (χ1n) is 10.4. The molecule has 1 saturated heterocycles. The van der Waals surface area contributed by atoms with E-state index in [-0.39, 0.29) is 24.0 Å². The number of anilines is 1. The molecule has 0 spiro atoms. The molecule has 1 atom stereocenters. The largest absolute Gasteiger partial charge is 0.487 e. The van der Waals surface area contributed by atoms with E-state index in [2.05, 4.69) is 5.32 Å². The number of benzene rings is 2. The molecule has 2 aromatic rings. The van der Waals surface area contributed by atoms with Crippen LogP contribution in [0.15, 0.2) is 48.5 Å². The Bertz CT molecular complexity index is 927. The Morgan fingerprint density at radius 1 is 1.10 bits per heavy atom. The van der Waals surface area contributed by atoms with Gasteiger partial charge in [0.2, 0.25) is 5.91 Å². The van der Waals surface area contributed by atoms with Gasteiger partial charge in [-0.2, -0.15) is 0 Å². The zero-order chi connectivity index (χ0) is 21.1. The first kappa shape index (κ1) is 20.5. The van der Waals surface area contributed by atoms with Gasteiger partial charge in [0.05, 0.1) is 12.2 Å². The number of urea groups is 1. The molecular formula is C23H26ClN3O3. The Morgan fingerprint density at radius 3 is 2.57 bits per heavy atom. The summed E-state index contributed by atoms with van der Waals surface area (Å²) in [5, 5.41) is 3.63. The second kappa shape index (κ2) is 8.96. The van der Waals surface area contributed by atoms with Crippen molar-refractivity contribution >= 4 is 29.2 Å². The molecular weight excluding hydrogens is 402 g/mol. The lowest BCUT2D eigenvalue weighted by Gasteiger charge is -2.39. The van der Waals surface area contributed by atoms with Gasteiger partial charge in [-0.25, -0.2) is 4.79 Å². The van der Waals surface area contributed by atoms with Crippen molar-refractivity contribution in [3.8, 4) is 5.75 Å². The van der Waals surface area contributed by atoms with E-state index in [9.17, 15) is 9.59 Å². The zero-order valence-electron chi connectivity index (χ0n) is 17.0. The van der Waals surface area contributed by atoms with Crippen molar-refractivity contribution in [2.24, 2.45) is 5.92 Å². The number of ether oxygens (including phenoxy) is 1. The van der Waals surface area contributed by atoms with E-state index in [0.717, 1.165) is 17.0 Å². The van der Waals surface area contributed by atoms with Crippen molar-refractivity contribution in [2.75, 3.05) is 24.5 Å². The van der Waals surface area contributed by atoms with Gasteiger partial charge in [-0.15, -0.1) is 0 Å². The topological polar surface area (TPSA) is 61.9 Å². The Balaban J connectivity index is 1.33. The third-order valence-electron chi connectivity index (χ3n) is 5.70. The number of carbonyl (C=O) groups excluding carboxylic acids is 2. The maximum absolute atomic E-state index is 13.2. The van der Waals surface area contributed by atoms with Crippen LogP contribution in [0.5, 0.6) is 5.75 Å². The quantitative estimate of drug-likeness (QED) is 0.802. The van der Waals surface area contributed by atoms with Crippen molar-refractivity contribution in [3.05, 3.63) is 59.1 Å². The number of nitrogens with one attached hydrogen (secondary N) is 1. The van der Waals surface area contributed by atoms with Crippen LogP contribution in [0.25, 0.3) is 0 Å². The molecule has 2 aliphatic rings. The minimum Gasteiger partial charge on any atom is -0.487 e. The molecule has 1 N–H and O–H groups in total. The SMILES string of the molecule is C[C@H]1CN(C(=O)N2CCC(C(=O)NCc3ccccc3Cl)CC2)c2ccccc2O1. The fourth-order valence-corrected chi connectivity index (χ4v) is 4.25. The number of amides is 3. The molecule has 30 heavy (non-hydrogen) atoms. The Labute approximate surface area is 181 Å². The van der Waals surface area contributed by atoms with E-state index >= 15 is 0 Å². The third kappa shape index (κ3) is 4.38. The van der Waals surface area contributed by atoms with Crippen LogP contribution in [0.3, 0.4) is 0 Å². The number of nitrogens with zero attached hydrogens (tertiary/aromatic N) is 2. The number of piperidine rings is 1. The third-order valence-corrected chi connectivity index (χ3v) is 6.07. The van der Waals surface area contributed by atoms with Gasteiger partial charge in [-0.3, -0.25) is 9.69 Å². The lowest BCUT2D eigenvalue weighted by Crippen LogP contribution is -2.52. The number of para-hydroxylation sites is 2. The Morgan fingerprint density at radius 2 is 1.80 bits per heavy atom. The standard InChI is InChI=1S/C23H26ClN3O3/c1-16-15-27(20-8-4-5-9-21(20)30-16)23(29)26-12-10-17(11-13-26)22(28)25-14-18-6-2-3-7-19(18)24/h2-9,16-17H,10-15H2,1H3,(H,25,28)/t16-/m0/s1. The van der Waals surface area contributed by atoms with E-state index in [4.69, 9.17) is 16.3 Å². The van der Waals surface area contributed by atoms with Crippen molar-refractivity contribution in [3.63, 3.8) is 0 Å². The Hall–Kier alpha value is -2.73. The summed E-state index contributed by atoms with van der Waals surface area (Å²) in [5.41, 5.74) is 1.71. The highest BCUT2D eigenvalue weighted by Crippen LogP contribution is 2.34. The van der Waals surface area contributed by atoms with Crippen LogP contribution in [-0.4, -0.2) is 42.6 Å². The summed E-state index contributed by atoms with van der Waals surface area (Å²) in [4.78, 5) is 29.4. The minimum absolute atomic E-state index is 0.0207. The average molecular weight is 428 g/mol. The second-order valence-corrected chi connectivity index (χ2v) is 8.27. The van der Waals surface area contributed by atoms with Gasteiger partial charge in [0.15, 0.2) is 0 Å². The van der Waals surface area contributed by atoms with Gasteiger partial charge < -0.3 is 15.0 Å². The van der Waals surface area contributed by atoms with E-state index < -0.39 is 0 Å². The summed E-state index contributed by atoms with van der Waals surface area (Å²) >= 11 is 6.16. The smallest absolute Gasteiger partial charge is 0.324 e. The number of rotatable bonds is 3. The number of hydrogen-bond donors (Lipinski definition) is 1. The highest BCUT2D eigenvalue weighted by molar-refractivity contribution is 6.31. The Kier molecular flexibility index (Phi) is 6.13. The van der Waals surface area contributed by atoms with Crippen molar-refractivity contribution in [1.82, 2.24) is 10.2 Å². The van der Waals surface area contributed by atoms with Gasteiger partial charge in [0.25, 0.3) is 0 Å². The molecule has 158 valence electrons. The van der Waals surface area contributed by atoms with Crippen LogP contribution in [0.2, 0.25) is 5.02 Å². The molecule has 2 heterocycles.